The molecule has 2 aliphatic rings. The molecular weight excluding hydrogens is 282 g/mol. The van der Waals surface area contributed by atoms with Crippen LogP contribution in [0, 0.1) is 6.92 Å². The highest BCUT2D eigenvalue weighted by Crippen LogP contribution is 2.39. The Bertz CT molecular complexity index is 642. The van der Waals surface area contributed by atoms with E-state index < -0.39 is 0 Å². The van der Waals surface area contributed by atoms with Crippen molar-refractivity contribution >= 4 is 11.8 Å². The van der Waals surface area contributed by atoms with Crippen molar-refractivity contribution in [3.63, 3.8) is 0 Å². The summed E-state index contributed by atoms with van der Waals surface area (Å²) in [6.07, 6.45) is 3.69. The van der Waals surface area contributed by atoms with E-state index in [1.165, 1.54) is 23.3 Å². The van der Waals surface area contributed by atoms with Gasteiger partial charge in [0.1, 0.15) is 0 Å². The highest BCUT2D eigenvalue weighted by Gasteiger charge is 2.42. The van der Waals surface area contributed by atoms with Gasteiger partial charge in [-0.1, -0.05) is 22.9 Å². The maximum atomic E-state index is 5.50. The summed E-state index contributed by atoms with van der Waals surface area (Å²) < 4.78 is 5.50. The van der Waals surface area contributed by atoms with E-state index in [2.05, 4.69) is 46.6 Å². The monoisotopic (exact) mass is 301 g/mol. The molecule has 2 aromatic rings. The Kier molecular flexibility index (Phi) is 3.47. The molecule has 3 heterocycles. The number of benzene rings is 1. The van der Waals surface area contributed by atoms with E-state index in [0.717, 1.165) is 23.9 Å². The molecule has 2 saturated heterocycles. The largest absolute Gasteiger partial charge is 0.339 e. The van der Waals surface area contributed by atoms with Crippen molar-refractivity contribution in [2.75, 3.05) is 0 Å². The van der Waals surface area contributed by atoms with Gasteiger partial charge in [0.25, 0.3) is 0 Å². The first kappa shape index (κ1) is 13.3. The predicted molar refractivity (Wildman–Crippen MR) is 82.3 cm³/mol. The molecule has 3 unspecified atom stereocenters. The van der Waals surface area contributed by atoms with Gasteiger partial charge in [0, 0.05) is 17.0 Å². The molecule has 2 fully saturated rings. The second-order valence-corrected chi connectivity index (χ2v) is 7.09. The van der Waals surface area contributed by atoms with Crippen LogP contribution >= 0.6 is 11.8 Å². The van der Waals surface area contributed by atoms with Crippen LogP contribution in [0.3, 0.4) is 0 Å². The lowest BCUT2D eigenvalue weighted by molar-refractivity contribution is 0.327. The Morgan fingerprint density at radius 2 is 2.33 bits per heavy atom. The highest BCUT2D eigenvalue weighted by atomic mass is 32.2. The summed E-state index contributed by atoms with van der Waals surface area (Å²) in [4.78, 5) is 5.86. The van der Waals surface area contributed by atoms with Gasteiger partial charge in [0.15, 0.2) is 5.82 Å². The Hall–Kier alpha value is -1.33. The summed E-state index contributed by atoms with van der Waals surface area (Å²) in [5, 5.41) is 7.76. The maximum Gasteiger partial charge on any atom is 0.231 e. The summed E-state index contributed by atoms with van der Waals surface area (Å²) in [5.41, 5.74) is 1.28. The lowest BCUT2D eigenvalue weighted by Crippen LogP contribution is -2.21. The van der Waals surface area contributed by atoms with Crippen molar-refractivity contribution in [2.45, 2.75) is 54.8 Å². The molecule has 4 nitrogen and oxygen atoms in total. The molecule has 2 aliphatic heterocycles. The molecule has 0 radical (unpaired) electrons. The lowest BCUT2D eigenvalue weighted by atomic mass is 9.89. The Balaban J connectivity index is 1.41. The van der Waals surface area contributed by atoms with Gasteiger partial charge in [-0.2, -0.15) is 4.98 Å². The van der Waals surface area contributed by atoms with Crippen molar-refractivity contribution in [1.82, 2.24) is 15.5 Å². The molecule has 0 saturated carbocycles. The van der Waals surface area contributed by atoms with E-state index >= 15 is 0 Å². The molecule has 21 heavy (non-hydrogen) atoms. The first-order valence-electron chi connectivity index (χ1n) is 7.56. The molecule has 1 N–H and O–H groups in total. The van der Waals surface area contributed by atoms with Crippen LogP contribution in [0.5, 0.6) is 0 Å². The van der Waals surface area contributed by atoms with Crippen molar-refractivity contribution in [2.24, 2.45) is 0 Å². The van der Waals surface area contributed by atoms with Crippen LogP contribution in [0.4, 0.5) is 0 Å². The molecule has 2 bridgehead atoms. The minimum Gasteiger partial charge on any atom is -0.339 e. The van der Waals surface area contributed by atoms with E-state index in [-0.39, 0.29) is 0 Å². The van der Waals surface area contributed by atoms with Crippen molar-refractivity contribution in [3.05, 3.63) is 41.5 Å². The summed E-state index contributed by atoms with van der Waals surface area (Å²) in [5.74, 6) is 2.82. The molecule has 1 aromatic heterocycles. The third-order valence-corrected chi connectivity index (χ3v) is 5.45. The van der Waals surface area contributed by atoms with Gasteiger partial charge in [-0.25, -0.2) is 0 Å². The molecule has 1 aromatic carbocycles. The van der Waals surface area contributed by atoms with Gasteiger partial charge in [0.2, 0.25) is 5.89 Å². The molecule has 5 heteroatoms. The highest BCUT2D eigenvalue weighted by molar-refractivity contribution is 7.98. The predicted octanol–water partition coefficient (Wildman–Crippen LogP) is 3.28. The number of rotatable bonds is 4. The quantitative estimate of drug-likeness (QED) is 0.878. The SMILES string of the molecule is Cc1cccc(SCc2noc(C3CC4CCC3N4)n2)c1. The third kappa shape index (κ3) is 2.72. The van der Waals surface area contributed by atoms with Gasteiger partial charge in [-0.15, -0.1) is 11.8 Å². The van der Waals surface area contributed by atoms with E-state index in [1.54, 1.807) is 11.8 Å². The van der Waals surface area contributed by atoms with Crippen LogP contribution in [0.1, 0.15) is 42.5 Å². The molecule has 0 aliphatic carbocycles. The van der Waals surface area contributed by atoms with E-state index in [1.807, 2.05) is 0 Å². The van der Waals surface area contributed by atoms with Gasteiger partial charge < -0.3 is 9.84 Å². The number of aryl methyl sites for hydroxylation is 1. The second kappa shape index (κ2) is 5.46. The van der Waals surface area contributed by atoms with E-state index in [9.17, 15) is 0 Å². The smallest absolute Gasteiger partial charge is 0.231 e. The molecular formula is C16H19N3OS. The first-order chi connectivity index (χ1) is 10.3. The minimum absolute atomic E-state index is 0.425. The van der Waals surface area contributed by atoms with Crippen LogP contribution in [-0.2, 0) is 5.75 Å². The zero-order chi connectivity index (χ0) is 14.2. The van der Waals surface area contributed by atoms with Crippen LogP contribution < -0.4 is 5.32 Å². The third-order valence-electron chi connectivity index (χ3n) is 4.46. The van der Waals surface area contributed by atoms with Crippen molar-refractivity contribution in [1.29, 1.82) is 0 Å². The van der Waals surface area contributed by atoms with Crippen LogP contribution in [0.15, 0.2) is 33.7 Å². The van der Waals surface area contributed by atoms with E-state index in [4.69, 9.17) is 4.52 Å². The Morgan fingerprint density at radius 3 is 3.10 bits per heavy atom. The summed E-state index contributed by atoms with van der Waals surface area (Å²) in [6.45, 7) is 2.11. The molecule has 4 rings (SSSR count). The normalized spacial score (nSPS) is 27.4. The zero-order valence-electron chi connectivity index (χ0n) is 12.1. The number of hydrogen-bond acceptors (Lipinski definition) is 5. The number of fused-ring (bicyclic) bond motifs is 2. The molecule has 0 amide bonds. The van der Waals surface area contributed by atoms with Crippen molar-refractivity contribution in [3.8, 4) is 0 Å². The number of thioether (sulfide) groups is 1. The standard InChI is InChI=1S/C16H19N3OS/c1-10-3-2-4-12(7-10)21-9-15-18-16(20-19-15)13-8-11-5-6-14(13)17-11/h2-4,7,11,13-14,17H,5-6,8-9H2,1H3. The average Bonchev–Trinajstić information content (AvgIpc) is 3.21. The topological polar surface area (TPSA) is 51.0 Å². The number of hydrogen-bond donors (Lipinski definition) is 1. The van der Waals surface area contributed by atoms with Gasteiger partial charge in [-0.05, 0) is 38.3 Å². The van der Waals surface area contributed by atoms with Gasteiger partial charge in [0.05, 0.1) is 11.7 Å². The van der Waals surface area contributed by atoms with Crippen LogP contribution in [0.25, 0.3) is 0 Å². The summed E-state index contributed by atoms with van der Waals surface area (Å²) >= 11 is 1.76. The Morgan fingerprint density at radius 1 is 1.38 bits per heavy atom. The fourth-order valence-corrected chi connectivity index (χ4v) is 4.28. The van der Waals surface area contributed by atoms with Gasteiger partial charge in [-0.3, -0.25) is 0 Å². The van der Waals surface area contributed by atoms with E-state index in [0.29, 0.717) is 18.0 Å². The average molecular weight is 301 g/mol. The second-order valence-electron chi connectivity index (χ2n) is 6.04. The van der Waals surface area contributed by atoms with Crippen LogP contribution in [0.2, 0.25) is 0 Å². The first-order valence-corrected chi connectivity index (χ1v) is 8.54. The molecule has 110 valence electrons. The summed E-state index contributed by atoms with van der Waals surface area (Å²) in [7, 11) is 0. The summed E-state index contributed by atoms with van der Waals surface area (Å²) in [6, 6.07) is 9.72. The molecule has 3 atom stereocenters. The fraction of sp³-hybridized carbons (Fsp3) is 0.500. The van der Waals surface area contributed by atoms with Crippen LogP contribution in [-0.4, -0.2) is 22.2 Å². The molecule has 0 spiro atoms. The zero-order valence-corrected chi connectivity index (χ0v) is 12.9. The lowest BCUT2D eigenvalue weighted by Gasteiger charge is -2.15. The minimum atomic E-state index is 0.425. The number of nitrogens with one attached hydrogen (secondary N) is 1. The maximum absolute atomic E-state index is 5.50. The number of aromatic nitrogens is 2. The Labute approximate surface area is 128 Å². The number of nitrogens with zero attached hydrogens (tertiary/aromatic N) is 2. The van der Waals surface area contributed by atoms with Gasteiger partial charge >= 0.3 is 0 Å². The van der Waals surface area contributed by atoms with Crippen molar-refractivity contribution < 1.29 is 4.52 Å². The fourth-order valence-electron chi connectivity index (χ4n) is 3.43.